The lowest BCUT2D eigenvalue weighted by Gasteiger charge is -2.35. The molecule has 0 bridgehead atoms. The molecule has 10 heteroatoms. The van der Waals surface area contributed by atoms with Crippen molar-refractivity contribution in [3.8, 4) is 21.1 Å². The molecule has 4 aromatic rings. The van der Waals surface area contributed by atoms with Gasteiger partial charge in [-0.05, 0) is 47.0 Å². The molecule has 1 fully saturated rings. The first-order valence-corrected chi connectivity index (χ1v) is 12.2. The number of nitrogens with one attached hydrogen (secondary N) is 3. The second kappa shape index (κ2) is 10.0. The molecule has 1 aliphatic heterocycles. The van der Waals surface area contributed by atoms with Crippen molar-refractivity contribution in [2.75, 3.05) is 31.5 Å². The first-order valence-electron chi connectivity index (χ1n) is 11.0. The van der Waals surface area contributed by atoms with E-state index < -0.39 is 0 Å². The van der Waals surface area contributed by atoms with E-state index in [2.05, 4.69) is 53.9 Å². The van der Waals surface area contributed by atoms with Crippen LogP contribution >= 0.6 is 22.9 Å². The highest BCUT2D eigenvalue weighted by atomic mass is 35.5. The number of aromatic nitrogens is 4. The van der Waals surface area contributed by atoms with Crippen molar-refractivity contribution in [1.82, 2.24) is 30.4 Å². The summed E-state index contributed by atoms with van der Waals surface area (Å²) in [5, 5.41) is 15.3. The van der Waals surface area contributed by atoms with Gasteiger partial charge in [-0.15, -0.1) is 21.5 Å². The van der Waals surface area contributed by atoms with E-state index >= 15 is 0 Å². The van der Waals surface area contributed by atoms with Gasteiger partial charge in [0.1, 0.15) is 12.1 Å². The monoisotopic (exact) mass is 493 g/mol. The summed E-state index contributed by atoms with van der Waals surface area (Å²) in [6.07, 6.45) is 3.31. The van der Waals surface area contributed by atoms with Gasteiger partial charge in [-0.1, -0.05) is 23.7 Å². The first-order chi connectivity index (χ1) is 16.6. The van der Waals surface area contributed by atoms with Crippen LogP contribution < -0.4 is 10.6 Å². The van der Waals surface area contributed by atoms with Gasteiger partial charge in [0.15, 0.2) is 5.82 Å². The van der Waals surface area contributed by atoms with Gasteiger partial charge in [0.2, 0.25) is 5.91 Å². The molecule has 0 spiro atoms. The number of amides is 1. The Morgan fingerprint density at radius 3 is 2.68 bits per heavy atom. The minimum atomic E-state index is -0.152. The Morgan fingerprint density at radius 2 is 1.97 bits per heavy atom. The lowest BCUT2D eigenvalue weighted by molar-refractivity contribution is -0.114. The molecule has 1 atom stereocenters. The Bertz CT molecular complexity index is 1270. The third-order valence-electron chi connectivity index (χ3n) is 5.74. The molecule has 3 aromatic heterocycles. The topological polar surface area (TPSA) is 98.8 Å². The van der Waals surface area contributed by atoms with E-state index in [1.54, 1.807) is 23.9 Å². The molecule has 8 nitrogen and oxygen atoms in total. The maximum atomic E-state index is 11.5. The highest BCUT2D eigenvalue weighted by Gasteiger charge is 2.29. The van der Waals surface area contributed by atoms with Crippen LogP contribution in [0.25, 0.3) is 21.1 Å². The average molecular weight is 494 g/mol. The number of nitrogens with zero attached hydrogens (tertiary/aromatic N) is 4. The molecule has 3 N–H and O–H groups in total. The number of carbonyl (C=O) groups is 1. The fourth-order valence-corrected chi connectivity index (χ4v) is 5.52. The summed E-state index contributed by atoms with van der Waals surface area (Å²) in [7, 11) is 0. The molecular weight excluding hydrogens is 470 g/mol. The van der Waals surface area contributed by atoms with E-state index in [1.807, 2.05) is 24.3 Å². The zero-order valence-corrected chi connectivity index (χ0v) is 20.2. The SMILES string of the molecule is CC(=O)Nc1cc(-c2cc(C(c3ccc(Cl)cc3)N3CCNCC3)c(-c3nnc[nH]3)s2)ccn1. The van der Waals surface area contributed by atoms with Crippen molar-refractivity contribution in [3.63, 3.8) is 0 Å². The average Bonchev–Trinajstić information content (AvgIpc) is 3.51. The maximum Gasteiger partial charge on any atom is 0.222 e. The predicted octanol–water partition coefficient (Wildman–Crippen LogP) is 4.20. The lowest BCUT2D eigenvalue weighted by atomic mass is 9.95. The Labute approximate surface area is 206 Å². The Kier molecular flexibility index (Phi) is 6.68. The molecule has 0 aliphatic carbocycles. The van der Waals surface area contributed by atoms with E-state index in [1.165, 1.54) is 12.5 Å². The van der Waals surface area contributed by atoms with Gasteiger partial charge in [0, 0.05) is 49.2 Å². The third-order valence-corrected chi connectivity index (χ3v) is 7.20. The number of carbonyl (C=O) groups excluding carboxylic acids is 1. The molecule has 1 amide bonds. The van der Waals surface area contributed by atoms with Gasteiger partial charge >= 0.3 is 0 Å². The minimum absolute atomic E-state index is 0.0288. The van der Waals surface area contributed by atoms with Gasteiger partial charge in [-0.25, -0.2) is 4.98 Å². The highest BCUT2D eigenvalue weighted by Crippen LogP contribution is 2.43. The molecule has 34 heavy (non-hydrogen) atoms. The number of rotatable bonds is 6. The second-order valence-electron chi connectivity index (χ2n) is 8.08. The zero-order chi connectivity index (χ0) is 23.5. The van der Waals surface area contributed by atoms with Gasteiger partial charge < -0.3 is 15.6 Å². The fourth-order valence-electron chi connectivity index (χ4n) is 4.26. The van der Waals surface area contributed by atoms with E-state index in [4.69, 9.17) is 11.6 Å². The molecule has 1 unspecified atom stereocenters. The summed E-state index contributed by atoms with van der Waals surface area (Å²) in [6.45, 7) is 5.20. The number of piperazine rings is 1. The first kappa shape index (κ1) is 22.7. The van der Waals surface area contributed by atoms with Gasteiger partial charge in [-0.2, -0.15) is 0 Å². The van der Waals surface area contributed by atoms with E-state index in [0.29, 0.717) is 10.8 Å². The van der Waals surface area contributed by atoms with E-state index in [0.717, 1.165) is 52.9 Å². The molecule has 5 rings (SSSR count). The Hall–Kier alpha value is -3.11. The lowest BCUT2D eigenvalue weighted by Crippen LogP contribution is -2.45. The highest BCUT2D eigenvalue weighted by molar-refractivity contribution is 7.19. The smallest absolute Gasteiger partial charge is 0.222 e. The van der Waals surface area contributed by atoms with Crippen LogP contribution in [0.1, 0.15) is 24.1 Å². The van der Waals surface area contributed by atoms with E-state index in [9.17, 15) is 4.79 Å². The summed E-state index contributed by atoms with van der Waals surface area (Å²) in [6, 6.07) is 14.2. The number of anilines is 1. The van der Waals surface area contributed by atoms with Gasteiger partial charge in [0.05, 0.1) is 10.9 Å². The number of hydrogen-bond acceptors (Lipinski definition) is 7. The number of pyridine rings is 1. The summed E-state index contributed by atoms with van der Waals surface area (Å²) >= 11 is 7.86. The molecule has 4 heterocycles. The number of benzene rings is 1. The number of halogens is 1. The van der Waals surface area contributed by atoms with Crippen molar-refractivity contribution >= 4 is 34.7 Å². The molecule has 1 aliphatic rings. The van der Waals surface area contributed by atoms with Crippen LogP contribution in [0.5, 0.6) is 0 Å². The zero-order valence-electron chi connectivity index (χ0n) is 18.6. The van der Waals surface area contributed by atoms with Crippen molar-refractivity contribution in [3.05, 3.63) is 71.1 Å². The summed E-state index contributed by atoms with van der Waals surface area (Å²) in [5.74, 6) is 1.11. The molecule has 0 saturated carbocycles. The van der Waals surface area contributed by atoms with Crippen molar-refractivity contribution in [2.45, 2.75) is 13.0 Å². The molecule has 174 valence electrons. The van der Waals surface area contributed by atoms with Crippen LogP contribution in [0.3, 0.4) is 0 Å². The predicted molar refractivity (Wildman–Crippen MR) is 135 cm³/mol. The van der Waals surface area contributed by atoms with Gasteiger partial charge in [-0.3, -0.25) is 9.69 Å². The van der Waals surface area contributed by atoms with Crippen LogP contribution in [-0.2, 0) is 4.79 Å². The van der Waals surface area contributed by atoms with Crippen molar-refractivity contribution in [1.29, 1.82) is 0 Å². The standard InChI is InChI=1S/C24H24ClN7OS/c1-15(33)30-21-12-17(6-7-27-21)20-13-19(23(34-20)24-28-14-29-31-24)22(32-10-8-26-9-11-32)16-2-4-18(25)5-3-16/h2-7,12-14,22,26H,8-11H2,1H3,(H,27,30,33)(H,28,29,31). The number of thiophene rings is 1. The summed E-state index contributed by atoms with van der Waals surface area (Å²) < 4.78 is 0. The van der Waals surface area contributed by atoms with E-state index in [-0.39, 0.29) is 11.9 Å². The quantitative estimate of drug-likeness (QED) is 0.372. The third kappa shape index (κ3) is 4.88. The Balaban J connectivity index is 1.64. The fraction of sp³-hybridized carbons (Fsp3) is 0.250. The van der Waals surface area contributed by atoms with Crippen LogP contribution in [0.2, 0.25) is 5.02 Å². The Morgan fingerprint density at radius 1 is 1.18 bits per heavy atom. The summed E-state index contributed by atoms with van der Waals surface area (Å²) in [5.41, 5.74) is 3.30. The second-order valence-corrected chi connectivity index (χ2v) is 9.57. The normalized spacial score (nSPS) is 15.2. The minimum Gasteiger partial charge on any atom is -0.327 e. The number of H-pyrrole nitrogens is 1. The number of aromatic amines is 1. The van der Waals surface area contributed by atoms with Crippen LogP contribution in [-0.4, -0.2) is 57.2 Å². The molecular formula is C24H24ClN7OS. The molecule has 1 aromatic carbocycles. The van der Waals surface area contributed by atoms with Crippen LogP contribution in [0, 0.1) is 0 Å². The number of hydrogen-bond donors (Lipinski definition) is 3. The van der Waals surface area contributed by atoms with Gasteiger partial charge in [0.25, 0.3) is 0 Å². The van der Waals surface area contributed by atoms with Crippen LogP contribution in [0.15, 0.2) is 55.0 Å². The molecule has 1 saturated heterocycles. The maximum absolute atomic E-state index is 11.5. The molecule has 0 radical (unpaired) electrons. The van der Waals surface area contributed by atoms with Crippen molar-refractivity contribution < 1.29 is 4.79 Å². The van der Waals surface area contributed by atoms with Crippen LogP contribution in [0.4, 0.5) is 5.82 Å². The summed E-state index contributed by atoms with van der Waals surface area (Å²) in [4.78, 5) is 23.6. The largest absolute Gasteiger partial charge is 0.327 e. The van der Waals surface area contributed by atoms with Crippen molar-refractivity contribution in [2.24, 2.45) is 0 Å².